The summed E-state index contributed by atoms with van der Waals surface area (Å²) >= 11 is 0. The highest BCUT2D eigenvalue weighted by Crippen LogP contribution is 2.30. The van der Waals surface area contributed by atoms with Crippen molar-refractivity contribution in [1.82, 2.24) is 5.32 Å². The van der Waals surface area contributed by atoms with E-state index in [-0.39, 0.29) is 0 Å². The molecule has 1 heterocycles. The minimum absolute atomic E-state index is 0.426. The number of hydrogen-bond acceptors (Lipinski definition) is 2. The second kappa shape index (κ2) is 5.71. The van der Waals surface area contributed by atoms with Gasteiger partial charge in [0.25, 0.3) is 0 Å². The molecule has 17 heavy (non-hydrogen) atoms. The molecule has 0 bridgehead atoms. The van der Waals surface area contributed by atoms with Gasteiger partial charge in [-0.05, 0) is 57.8 Å². The number of hydrogen-bond donors (Lipinski definition) is 1. The van der Waals surface area contributed by atoms with Crippen LogP contribution in [0.5, 0.6) is 0 Å². The van der Waals surface area contributed by atoms with Crippen LogP contribution in [-0.2, 0) is 4.74 Å². The van der Waals surface area contributed by atoms with Gasteiger partial charge >= 0.3 is 0 Å². The van der Waals surface area contributed by atoms with Crippen molar-refractivity contribution in [2.75, 3.05) is 0 Å². The van der Waals surface area contributed by atoms with Gasteiger partial charge in [-0.2, -0.15) is 0 Å². The van der Waals surface area contributed by atoms with Crippen molar-refractivity contribution < 1.29 is 4.74 Å². The zero-order valence-electron chi connectivity index (χ0n) is 11.9. The molecule has 0 spiro atoms. The fraction of sp³-hybridized carbons (Fsp3) is 1.00. The molecule has 2 heteroatoms. The molecule has 1 N–H and O–H groups in total. The standard InChI is InChI=1S/C15H29NO/c1-10-5-11(2)7-14(6-10)16-15-8-12(3)17-13(4)9-15/h10-16H,5-9H2,1-4H3. The van der Waals surface area contributed by atoms with Crippen LogP contribution in [0.15, 0.2) is 0 Å². The smallest absolute Gasteiger partial charge is 0.0565 e. The Balaban J connectivity index is 1.83. The van der Waals surface area contributed by atoms with Gasteiger partial charge in [0, 0.05) is 12.1 Å². The second-order valence-corrected chi connectivity index (χ2v) is 6.71. The lowest BCUT2D eigenvalue weighted by Gasteiger charge is -2.38. The van der Waals surface area contributed by atoms with Crippen molar-refractivity contribution in [1.29, 1.82) is 0 Å². The lowest BCUT2D eigenvalue weighted by Crippen LogP contribution is -2.47. The molecule has 0 aromatic carbocycles. The van der Waals surface area contributed by atoms with Gasteiger partial charge in [-0.1, -0.05) is 13.8 Å². The molecule has 1 saturated carbocycles. The third kappa shape index (κ3) is 3.96. The van der Waals surface area contributed by atoms with Gasteiger partial charge in [0.1, 0.15) is 0 Å². The average molecular weight is 239 g/mol. The van der Waals surface area contributed by atoms with Crippen LogP contribution in [0.25, 0.3) is 0 Å². The molecule has 2 fully saturated rings. The molecule has 1 aliphatic carbocycles. The second-order valence-electron chi connectivity index (χ2n) is 6.71. The predicted octanol–water partition coefficient (Wildman–Crippen LogP) is 3.36. The normalized spacial score (nSPS) is 48.0. The third-order valence-corrected chi connectivity index (χ3v) is 4.35. The molecule has 1 saturated heterocycles. The van der Waals surface area contributed by atoms with Crippen molar-refractivity contribution >= 4 is 0 Å². The summed E-state index contributed by atoms with van der Waals surface area (Å²) in [5, 5.41) is 3.90. The van der Waals surface area contributed by atoms with Gasteiger partial charge in [0.15, 0.2) is 0 Å². The fourth-order valence-electron chi connectivity index (χ4n) is 3.96. The summed E-state index contributed by atoms with van der Waals surface area (Å²) in [5.74, 6) is 1.79. The van der Waals surface area contributed by atoms with E-state index in [1.807, 2.05) is 0 Å². The van der Waals surface area contributed by atoms with E-state index in [0.717, 1.165) is 17.9 Å². The van der Waals surface area contributed by atoms with Crippen molar-refractivity contribution in [2.45, 2.75) is 84.1 Å². The summed E-state index contributed by atoms with van der Waals surface area (Å²) in [6.07, 6.45) is 7.37. The maximum absolute atomic E-state index is 5.81. The molecule has 4 unspecified atom stereocenters. The van der Waals surface area contributed by atoms with E-state index >= 15 is 0 Å². The van der Waals surface area contributed by atoms with Gasteiger partial charge < -0.3 is 10.1 Å². The van der Waals surface area contributed by atoms with Crippen LogP contribution in [0, 0.1) is 11.8 Å². The van der Waals surface area contributed by atoms with E-state index < -0.39 is 0 Å². The molecule has 0 aromatic rings. The maximum atomic E-state index is 5.81. The molecule has 1 aliphatic heterocycles. The lowest BCUT2D eigenvalue weighted by molar-refractivity contribution is -0.0447. The summed E-state index contributed by atoms with van der Waals surface area (Å²) < 4.78 is 5.81. The minimum Gasteiger partial charge on any atom is -0.375 e. The van der Waals surface area contributed by atoms with Gasteiger partial charge in [-0.15, -0.1) is 0 Å². The summed E-state index contributed by atoms with van der Waals surface area (Å²) in [7, 11) is 0. The van der Waals surface area contributed by atoms with Crippen LogP contribution < -0.4 is 5.32 Å². The summed E-state index contributed by atoms with van der Waals surface area (Å²) in [6.45, 7) is 9.21. The first-order valence-electron chi connectivity index (χ1n) is 7.44. The Hall–Kier alpha value is -0.0800. The van der Waals surface area contributed by atoms with E-state index in [2.05, 4.69) is 33.0 Å². The van der Waals surface area contributed by atoms with Crippen LogP contribution in [0.4, 0.5) is 0 Å². The van der Waals surface area contributed by atoms with Crippen molar-refractivity contribution in [3.05, 3.63) is 0 Å². The summed E-state index contributed by atoms with van der Waals surface area (Å²) in [5.41, 5.74) is 0. The summed E-state index contributed by atoms with van der Waals surface area (Å²) in [6, 6.07) is 1.42. The molecular formula is C15H29NO. The molecule has 4 atom stereocenters. The monoisotopic (exact) mass is 239 g/mol. The Morgan fingerprint density at radius 3 is 1.71 bits per heavy atom. The molecule has 2 rings (SSSR count). The molecule has 2 aliphatic rings. The highest BCUT2D eigenvalue weighted by Gasteiger charge is 2.29. The van der Waals surface area contributed by atoms with E-state index in [0.29, 0.717) is 18.2 Å². The highest BCUT2D eigenvalue weighted by molar-refractivity contribution is 4.86. The highest BCUT2D eigenvalue weighted by atomic mass is 16.5. The van der Waals surface area contributed by atoms with Gasteiger partial charge in [-0.3, -0.25) is 0 Å². The van der Waals surface area contributed by atoms with Crippen LogP contribution in [0.3, 0.4) is 0 Å². The van der Waals surface area contributed by atoms with Gasteiger partial charge in [0.05, 0.1) is 12.2 Å². The van der Waals surface area contributed by atoms with Crippen LogP contribution in [-0.4, -0.2) is 24.3 Å². The number of nitrogens with one attached hydrogen (secondary N) is 1. The minimum atomic E-state index is 0.426. The average Bonchev–Trinajstić information content (AvgIpc) is 2.13. The Bertz CT molecular complexity index is 199. The number of rotatable bonds is 2. The Morgan fingerprint density at radius 2 is 1.18 bits per heavy atom. The molecule has 100 valence electrons. The Labute approximate surface area is 107 Å². The largest absolute Gasteiger partial charge is 0.375 e. The first-order chi connectivity index (χ1) is 8.02. The van der Waals surface area contributed by atoms with Crippen LogP contribution in [0.2, 0.25) is 0 Å². The van der Waals surface area contributed by atoms with Crippen molar-refractivity contribution in [3.8, 4) is 0 Å². The maximum Gasteiger partial charge on any atom is 0.0565 e. The quantitative estimate of drug-likeness (QED) is 0.798. The molecule has 0 radical (unpaired) electrons. The Morgan fingerprint density at radius 1 is 0.706 bits per heavy atom. The van der Waals surface area contributed by atoms with Gasteiger partial charge in [0.2, 0.25) is 0 Å². The zero-order valence-corrected chi connectivity index (χ0v) is 11.9. The van der Waals surface area contributed by atoms with E-state index in [1.54, 1.807) is 0 Å². The molecular weight excluding hydrogens is 210 g/mol. The zero-order chi connectivity index (χ0) is 12.4. The van der Waals surface area contributed by atoms with Gasteiger partial charge in [-0.25, -0.2) is 0 Å². The first kappa shape index (κ1) is 13.4. The van der Waals surface area contributed by atoms with E-state index in [9.17, 15) is 0 Å². The Kier molecular flexibility index (Phi) is 4.48. The predicted molar refractivity (Wildman–Crippen MR) is 72.1 cm³/mol. The van der Waals surface area contributed by atoms with E-state index in [4.69, 9.17) is 4.74 Å². The first-order valence-corrected chi connectivity index (χ1v) is 7.44. The van der Waals surface area contributed by atoms with Crippen molar-refractivity contribution in [3.63, 3.8) is 0 Å². The SMILES string of the molecule is CC1CC(C)CC(NC2CC(C)OC(C)C2)C1. The van der Waals surface area contributed by atoms with Crippen LogP contribution in [0.1, 0.15) is 59.8 Å². The lowest BCUT2D eigenvalue weighted by atomic mass is 9.80. The topological polar surface area (TPSA) is 21.3 Å². The molecule has 0 aromatic heterocycles. The summed E-state index contributed by atoms with van der Waals surface area (Å²) in [4.78, 5) is 0. The number of ether oxygens (including phenoxy) is 1. The third-order valence-electron chi connectivity index (χ3n) is 4.35. The van der Waals surface area contributed by atoms with E-state index in [1.165, 1.54) is 32.1 Å². The van der Waals surface area contributed by atoms with Crippen LogP contribution >= 0.6 is 0 Å². The fourth-order valence-corrected chi connectivity index (χ4v) is 3.96. The van der Waals surface area contributed by atoms with Crippen molar-refractivity contribution in [2.24, 2.45) is 11.8 Å². The molecule has 0 amide bonds. The molecule has 2 nitrogen and oxygen atoms in total.